The summed E-state index contributed by atoms with van der Waals surface area (Å²) in [4.78, 5) is 16.8. The van der Waals surface area contributed by atoms with Crippen LogP contribution in [-0.4, -0.2) is 26.8 Å². The number of nitrogens with zero attached hydrogens (tertiary/aromatic N) is 3. The smallest absolute Gasteiger partial charge is 0.266 e. The number of benzene rings is 1. The molecule has 1 N–H and O–H groups in total. The molecular weight excluding hydrogens is 446 g/mol. The average Bonchev–Trinajstić information content (AvgIpc) is 2.97. The van der Waals surface area contributed by atoms with Crippen molar-refractivity contribution < 1.29 is 9.53 Å². The van der Waals surface area contributed by atoms with Gasteiger partial charge in [-0.05, 0) is 38.1 Å². The topological polar surface area (TPSA) is 69.0 Å². The summed E-state index contributed by atoms with van der Waals surface area (Å²) >= 11 is 24.1. The van der Waals surface area contributed by atoms with E-state index in [9.17, 15) is 4.79 Å². The third-order valence-corrected chi connectivity index (χ3v) is 4.65. The fraction of sp³-hybridized carbons (Fsp3) is 0.167. The van der Waals surface area contributed by atoms with Crippen molar-refractivity contribution in [1.29, 1.82) is 0 Å². The molecule has 0 bridgehead atoms. The van der Waals surface area contributed by atoms with Crippen molar-refractivity contribution in [3.63, 3.8) is 0 Å². The van der Waals surface area contributed by atoms with Gasteiger partial charge in [0.25, 0.3) is 5.91 Å². The average molecular weight is 460 g/mol. The highest BCUT2D eigenvalue weighted by molar-refractivity contribution is 6.36. The van der Waals surface area contributed by atoms with Crippen molar-refractivity contribution in [1.82, 2.24) is 14.8 Å². The van der Waals surface area contributed by atoms with Gasteiger partial charge in [0.1, 0.15) is 11.6 Å². The van der Waals surface area contributed by atoms with E-state index in [1.54, 1.807) is 38.1 Å². The number of hydrogen-bond donors (Lipinski definition) is 1. The highest BCUT2D eigenvalue weighted by Crippen LogP contribution is 2.29. The van der Waals surface area contributed by atoms with Gasteiger partial charge in [0.2, 0.25) is 0 Å². The Balaban J connectivity index is 1.80. The number of carbonyl (C=O) groups is 1. The zero-order chi connectivity index (χ0) is 20.4. The highest BCUT2D eigenvalue weighted by atomic mass is 35.5. The summed E-state index contributed by atoms with van der Waals surface area (Å²) in [6, 6.07) is 7.99. The maximum absolute atomic E-state index is 12.6. The van der Waals surface area contributed by atoms with E-state index in [1.165, 1.54) is 16.9 Å². The van der Waals surface area contributed by atoms with Gasteiger partial charge in [0.15, 0.2) is 11.9 Å². The second-order valence-electron chi connectivity index (χ2n) is 5.87. The fourth-order valence-electron chi connectivity index (χ4n) is 2.36. The maximum atomic E-state index is 12.6. The van der Waals surface area contributed by atoms with E-state index in [0.717, 1.165) is 0 Å². The van der Waals surface area contributed by atoms with E-state index >= 15 is 0 Å². The quantitative estimate of drug-likeness (QED) is 0.539. The van der Waals surface area contributed by atoms with E-state index < -0.39 is 12.0 Å². The molecule has 0 aliphatic heterocycles. The number of amides is 1. The van der Waals surface area contributed by atoms with E-state index in [0.29, 0.717) is 43.2 Å². The minimum atomic E-state index is -0.837. The van der Waals surface area contributed by atoms with Crippen LogP contribution in [0.15, 0.2) is 36.5 Å². The van der Waals surface area contributed by atoms with Gasteiger partial charge in [-0.3, -0.25) is 4.79 Å². The third kappa shape index (κ3) is 4.70. The highest BCUT2D eigenvalue weighted by Gasteiger charge is 2.20. The lowest BCUT2D eigenvalue weighted by Gasteiger charge is -2.16. The first kappa shape index (κ1) is 20.7. The first-order valence-electron chi connectivity index (χ1n) is 8.05. The monoisotopic (exact) mass is 458 g/mol. The summed E-state index contributed by atoms with van der Waals surface area (Å²) in [5.41, 5.74) is 0.664. The number of aromatic nitrogens is 3. The normalized spacial score (nSPS) is 11.9. The molecule has 1 unspecified atom stereocenters. The molecule has 1 amide bonds. The van der Waals surface area contributed by atoms with Crippen LogP contribution in [0.1, 0.15) is 12.6 Å². The lowest BCUT2D eigenvalue weighted by Crippen LogP contribution is -2.31. The van der Waals surface area contributed by atoms with Gasteiger partial charge in [0.05, 0.1) is 20.8 Å². The number of ether oxygens (including phenoxy) is 1. The summed E-state index contributed by atoms with van der Waals surface area (Å²) in [7, 11) is 0. The number of rotatable bonds is 5. The van der Waals surface area contributed by atoms with Crippen molar-refractivity contribution in [2.24, 2.45) is 0 Å². The summed E-state index contributed by atoms with van der Waals surface area (Å²) < 4.78 is 7.06. The molecule has 0 fully saturated rings. The van der Waals surface area contributed by atoms with Gasteiger partial charge in [-0.1, -0.05) is 46.4 Å². The minimum absolute atomic E-state index is 0.295. The van der Waals surface area contributed by atoms with Crippen LogP contribution in [-0.2, 0) is 4.79 Å². The molecule has 6 nitrogen and oxygen atoms in total. The van der Waals surface area contributed by atoms with Crippen LogP contribution in [0.2, 0.25) is 20.1 Å². The molecule has 146 valence electrons. The van der Waals surface area contributed by atoms with Gasteiger partial charge in [-0.25, -0.2) is 4.98 Å². The molecule has 0 spiro atoms. The zero-order valence-electron chi connectivity index (χ0n) is 14.7. The second kappa shape index (κ2) is 8.57. The van der Waals surface area contributed by atoms with E-state index in [2.05, 4.69) is 15.4 Å². The Kier molecular flexibility index (Phi) is 6.35. The SMILES string of the molecule is Cc1cc(NC(=O)C(C)Oc2ccc(Cl)cc2Cl)n(-c2ncc(Cl)cc2Cl)n1. The first-order valence-corrected chi connectivity index (χ1v) is 9.56. The van der Waals surface area contributed by atoms with Crippen LogP contribution in [0.3, 0.4) is 0 Å². The standard InChI is InChI=1S/C18H14Cl4N4O2/c1-9-5-16(26(25-9)17-14(22)7-12(20)8-23-17)24-18(27)10(2)28-15-4-3-11(19)6-13(15)21/h3-8,10H,1-2H3,(H,24,27). The number of halogens is 4. The molecule has 2 aromatic heterocycles. The van der Waals surface area contributed by atoms with Crippen LogP contribution < -0.4 is 10.1 Å². The van der Waals surface area contributed by atoms with Crippen LogP contribution in [0, 0.1) is 6.92 Å². The molecule has 3 rings (SSSR count). The van der Waals surface area contributed by atoms with Crippen LogP contribution in [0.5, 0.6) is 5.75 Å². The lowest BCUT2D eigenvalue weighted by molar-refractivity contribution is -0.122. The van der Waals surface area contributed by atoms with Gasteiger partial charge < -0.3 is 10.1 Å². The molecule has 0 aliphatic rings. The zero-order valence-corrected chi connectivity index (χ0v) is 17.7. The molecule has 2 heterocycles. The van der Waals surface area contributed by atoms with E-state index in [1.807, 2.05) is 0 Å². The Hall–Kier alpha value is -1.99. The van der Waals surface area contributed by atoms with Gasteiger partial charge >= 0.3 is 0 Å². The van der Waals surface area contributed by atoms with Crippen molar-refractivity contribution in [2.75, 3.05) is 5.32 Å². The molecule has 0 saturated carbocycles. The van der Waals surface area contributed by atoms with Gasteiger partial charge in [-0.15, -0.1) is 0 Å². The second-order valence-corrected chi connectivity index (χ2v) is 7.55. The molecular formula is C18H14Cl4N4O2. The molecule has 1 atom stereocenters. The summed E-state index contributed by atoms with van der Waals surface area (Å²) in [6.45, 7) is 3.38. The number of pyridine rings is 1. The molecule has 10 heteroatoms. The predicted octanol–water partition coefficient (Wildman–Crippen LogP) is 5.60. The number of carbonyl (C=O) groups excluding carboxylic acids is 1. The molecule has 0 saturated heterocycles. The first-order chi connectivity index (χ1) is 13.2. The van der Waals surface area contributed by atoms with Crippen molar-refractivity contribution in [2.45, 2.75) is 20.0 Å². The molecule has 0 aliphatic carbocycles. The fourth-order valence-corrected chi connectivity index (χ4v) is 3.27. The Morgan fingerprint density at radius 1 is 1.11 bits per heavy atom. The molecule has 3 aromatic rings. The summed E-state index contributed by atoms with van der Waals surface area (Å²) in [5.74, 6) is 0.665. The van der Waals surface area contributed by atoms with Crippen LogP contribution >= 0.6 is 46.4 Å². The Morgan fingerprint density at radius 3 is 2.50 bits per heavy atom. The van der Waals surface area contributed by atoms with Crippen molar-refractivity contribution in [3.8, 4) is 11.6 Å². The van der Waals surface area contributed by atoms with Crippen LogP contribution in [0.25, 0.3) is 5.82 Å². The number of nitrogens with one attached hydrogen (secondary N) is 1. The summed E-state index contributed by atoms with van der Waals surface area (Å²) in [5, 5.41) is 8.56. The maximum Gasteiger partial charge on any atom is 0.266 e. The Labute approximate surface area is 181 Å². The molecule has 1 aromatic carbocycles. The van der Waals surface area contributed by atoms with Crippen LogP contribution in [0.4, 0.5) is 5.82 Å². The number of anilines is 1. The molecule has 0 radical (unpaired) electrons. The van der Waals surface area contributed by atoms with Crippen molar-refractivity contribution >= 4 is 58.1 Å². The Morgan fingerprint density at radius 2 is 1.82 bits per heavy atom. The predicted molar refractivity (Wildman–Crippen MR) is 111 cm³/mol. The summed E-state index contributed by atoms with van der Waals surface area (Å²) in [6.07, 6.45) is 0.607. The van der Waals surface area contributed by atoms with Crippen molar-refractivity contribution in [3.05, 3.63) is 62.3 Å². The number of aryl methyl sites for hydroxylation is 1. The van der Waals surface area contributed by atoms with E-state index in [4.69, 9.17) is 51.1 Å². The van der Waals surface area contributed by atoms with Gasteiger partial charge in [0, 0.05) is 17.3 Å². The Bertz CT molecular complexity index is 1040. The number of hydrogen-bond acceptors (Lipinski definition) is 4. The lowest BCUT2D eigenvalue weighted by atomic mass is 10.3. The minimum Gasteiger partial charge on any atom is -0.479 e. The van der Waals surface area contributed by atoms with Gasteiger partial charge in [-0.2, -0.15) is 9.78 Å². The van der Waals surface area contributed by atoms with E-state index in [-0.39, 0.29) is 0 Å². The third-order valence-electron chi connectivity index (χ3n) is 3.64. The molecule has 28 heavy (non-hydrogen) atoms. The largest absolute Gasteiger partial charge is 0.479 e.